The number of fused-ring (bicyclic) bond motifs is 1. The third kappa shape index (κ3) is 3.79. The summed E-state index contributed by atoms with van der Waals surface area (Å²) in [7, 11) is 0. The van der Waals surface area contributed by atoms with Crippen molar-refractivity contribution in [3.63, 3.8) is 0 Å². The topological polar surface area (TPSA) is 90.9 Å². The van der Waals surface area contributed by atoms with E-state index in [0.29, 0.717) is 16.7 Å². The fraction of sp³-hybridized carbons (Fsp3) is 0. The van der Waals surface area contributed by atoms with Gasteiger partial charge in [-0.05, 0) is 70.6 Å². The molecule has 2 aromatic carbocycles. The standard InChI is InChI=1S/C21H13IN4O3/c22-15-8-9-17-16(12-15)21(27)25(18-5-1-2-6-19(18)26(28)29)20(24-17)10-7-14-4-3-11-23-13-14/h1-13H. The highest BCUT2D eigenvalue weighted by Crippen LogP contribution is 2.24. The summed E-state index contributed by atoms with van der Waals surface area (Å²) in [5, 5.41) is 12.0. The highest BCUT2D eigenvalue weighted by molar-refractivity contribution is 14.1. The number of halogens is 1. The molecule has 2 aromatic heterocycles. The molecule has 0 saturated heterocycles. The zero-order chi connectivity index (χ0) is 20.4. The molecular formula is C21H13IN4O3. The first-order valence-corrected chi connectivity index (χ1v) is 9.67. The maximum atomic E-state index is 13.3. The largest absolute Gasteiger partial charge is 0.293 e. The van der Waals surface area contributed by atoms with Crippen molar-refractivity contribution in [1.29, 1.82) is 0 Å². The lowest BCUT2D eigenvalue weighted by Crippen LogP contribution is -2.23. The zero-order valence-corrected chi connectivity index (χ0v) is 17.1. The smallest absolute Gasteiger partial charge is 0.268 e. The summed E-state index contributed by atoms with van der Waals surface area (Å²) < 4.78 is 2.16. The normalized spacial score (nSPS) is 11.2. The van der Waals surface area contributed by atoms with Crippen molar-refractivity contribution in [1.82, 2.24) is 14.5 Å². The van der Waals surface area contributed by atoms with Gasteiger partial charge in [-0.2, -0.15) is 0 Å². The second-order valence-corrected chi connectivity index (χ2v) is 7.38. The lowest BCUT2D eigenvalue weighted by atomic mass is 10.2. The van der Waals surface area contributed by atoms with Crippen LogP contribution in [0.25, 0.3) is 28.7 Å². The molecule has 4 rings (SSSR count). The van der Waals surface area contributed by atoms with E-state index in [4.69, 9.17) is 0 Å². The van der Waals surface area contributed by atoms with Crippen LogP contribution in [0.1, 0.15) is 11.4 Å². The van der Waals surface area contributed by atoms with Gasteiger partial charge in [-0.25, -0.2) is 4.98 Å². The maximum absolute atomic E-state index is 13.3. The van der Waals surface area contributed by atoms with Crippen molar-refractivity contribution in [2.24, 2.45) is 0 Å². The predicted octanol–water partition coefficient (Wildman–Crippen LogP) is 4.46. The Balaban J connectivity index is 2.03. The van der Waals surface area contributed by atoms with Crippen LogP contribution in [0.4, 0.5) is 5.69 Å². The van der Waals surface area contributed by atoms with Crippen molar-refractivity contribution in [2.75, 3.05) is 0 Å². The molecule has 4 aromatic rings. The van der Waals surface area contributed by atoms with E-state index < -0.39 is 4.92 Å². The van der Waals surface area contributed by atoms with Gasteiger partial charge in [-0.1, -0.05) is 18.2 Å². The highest BCUT2D eigenvalue weighted by Gasteiger charge is 2.19. The molecule has 8 heteroatoms. The molecule has 29 heavy (non-hydrogen) atoms. The van der Waals surface area contributed by atoms with Crippen LogP contribution in [0.5, 0.6) is 0 Å². The number of benzene rings is 2. The lowest BCUT2D eigenvalue weighted by Gasteiger charge is -2.12. The summed E-state index contributed by atoms with van der Waals surface area (Å²) >= 11 is 2.12. The molecular weight excluding hydrogens is 483 g/mol. The first-order valence-electron chi connectivity index (χ1n) is 8.59. The molecule has 0 amide bonds. The minimum atomic E-state index is -0.505. The fourth-order valence-corrected chi connectivity index (χ4v) is 3.46. The number of nitrogens with zero attached hydrogens (tertiary/aromatic N) is 4. The Bertz CT molecular complexity index is 1320. The van der Waals surface area contributed by atoms with Gasteiger partial charge in [0, 0.05) is 22.0 Å². The van der Waals surface area contributed by atoms with Gasteiger partial charge in [0.2, 0.25) is 0 Å². The van der Waals surface area contributed by atoms with Gasteiger partial charge in [0.1, 0.15) is 11.5 Å². The minimum absolute atomic E-state index is 0.168. The third-order valence-electron chi connectivity index (χ3n) is 4.28. The molecule has 142 valence electrons. The first kappa shape index (κ1) is 18.9. The first-order chi connectivity index (χ1) is 14.0. The maximum Gasteiger partial charge on any atom is 0.293 e. The molecule has 0 aliphatic rings. The highest BCUT2D eigenvalue weighted by atomic mass is 127. The molecule has 0 saturated carbocycles. The summed E-state index contributed by atoms with van der Waals surface area (Å²) in [5.74, 6) is 0.293. The van der Waals surface area contributed by atoms with Gasteiger partial charge in [-0.15, -0.1) is 0 Å². The van der Waals surface area contributed by atoms with Crippen molar-refractivity contribution < 1.29 is 4.92 Å². The molecule has 0 unspecified atom stereocenters. The van der Waals surface area contributed by atoms with Crippen LogP contribution in [0.3, 0.4) is 0 Å². The molecule has 0 radical (unpaired) electrons. The van der Waals surface area contributed by atoms with Crippen molar-refractivity contribution in [3.05, 3.63) is 102 Å². The van der Waals surface area contributed by atoms with E-state index >= 15 is 0 Å². The van der Waals surface area contributed by atoms with Crippen LogP contribution < -0.4 is 5.56 Å². The van der Waals surface area contributed by atoms with Crippen molar-refractivity contribution in [3.8, 4) is 5.69 Å². The van der Waals surface area contributed by atoms with E-state index in [9.17, 15) is 14.9 Å². The Hall–Kier alpha value is -3.40. The average molecular weight is 496 g/mol. The van der Waals surface area contributed by atoms with Gasteiger partial charge >= 0.3 is 0 Å². The van der Waals surface area contributed by atoms with Crippen LogP contribution in [-0.2, 0) is 0 Å². The SMILES string of the molecule is O=c1c2cc(I)ccc2nc(C=Cc2cccnc2)n1-c1ccccc1[N+](=O)[O-]. The number of nitro groups is 1. The van der Waals surface area contributed by atoms with Gasteiger partial charge in [0.15, 0.2) is 0 Å². The van der Waals surface area contributed by atoms with E-state index in [-0.39, 0.29) is 16.9 Å². The second-order valence-electron chi connectivity index (χ2n) is 6.14. The van der Waals surface area contributed by atoms with Crippen LogP contribution in [0.2, 0.25) is 0 Å². The second kappa shape index (κ2) is 7.92. The summed E-state index contributed by atoms with van der Waals surface area (Å²) in [6, 6.07) is 15.1. The van der Waals surface area contributed by atoms with Crippen molar-refractivity contribution >= 4 is 51.3 Å². The molecule has 7 nitrogen and oxygen atoms in total. The average Bonchev–Trinajstić information content (AvgIpc) is 2.73. The van der Waals surface area contributed by atoms with Crippen molar-refractivity contribution in [2.45, 2.75) is 0 Å². The Labute approximate surface area is 178 Å². The summed E-state index contributed by atoms with van der Waals surface area (Å²) in [6.07, 6.45) is 6.76. The molecule has 0 N–H and O–H groups in total. The van der Waals surface area contributed by atoms with E-state index in [1.807, 2.05) is 12.1 Å². The number of hydrogen-bond acceptors (Lipinski definition) is 5. The Morgan fingerprint density at radius 2 is 1.90 bits per heavy atom. The number of pyridine rings is 1. The van der Waals surface area contributed by atoms with E-state index in [0.717, 1.165) is 9.13 Å². The number of rotatable bonds is 4. The molecule has 2 heterocycles. The zero-order valence-electron chi connectivity index (χ0n) is 14.9. The molecule has 0 aliphatic carbocycles. The Kier molecular flexibility index (Phi) is 5.17. The third-order valence-corrected chi connectivity index (χ3v) is 4.96. The molecule has 0 fully saturated rings. The number of para-hydroxylation sites is 2. The number of aromatic nitrogens is 3. The molecule has 0 bridgehead atoms. The Morgan fingerprint density at radius 1 is 1.07 bits per heavy atom. The summed E-state index contributed by atoms with van der Waals surface area (Å²) in [6.45, 7) is 0. The quantitative estimate of drug-likeness (QED) is 0.236. The fourth-order valence-electron chi connectivity index (χ4n) is 2.97. The molecule has 0 spiro atoms. The molecule has 0 aliphatic heterocycles. The predicted molar refractivity (Wildman–Crippen MR) is 120 cm³/mol. The van der Waals surface area contributed by atoms with Gasteiger partial charge < -0.3 is 0 Å². The molecule has 0 atom stereocenters. The van der Waals surface area contributed by atoms with Gasteiger partial charge in [0.25, 0.3) is 11.2 Å². The van der Waals surface area contributed by atoms with E-state index in [1.165, 1.54) is 10.6 Å². The summed E-state index contributed by atoms with van der Waals surface area (Å²) in [4.78, 5) is 33.1. The summed E-state index contributed by atoms with van der Waals surface area (Å²) in [5.41, 5.74) is 0.974. The van der Waals surface area contributed by atoms with E-state index in [2.05, 4.69) is 32.6 Å². The van der Waals surface area contributed by atoms with Crippen LogP contribution in [0, 0.1) is 13.7 Å². The number of nitro benzene ring substituents is 1. The minimum Gasteiger partial charge on any atom is -0.268 e. The van der Waals surface area contributed by atoms with Crippen LogP contribution in [-0.4, -0.2) is 19.5 Å². The van der Waals surface area contributed by atoms with Gasteiger partial charge in [-0.3, -0.25) is 24.5 Å². The lowest BCUT2D eigenvalue weighted by molar-refractivity contribution is -0.384. The monoisotopic (exact) mass is 496 g/mol. The Morgan fingerprint density at radius 3 is 2.66 bits per heavy atom. The van der Waals surface area contributed by atoms with Crippen LogP contribution in [0.15, 0.2) is 71.8 Å². The van der Waals surface area contributed by atoms with E-state index in [1.54, 1.807) is 60.9 Å². The van der Waals surface area contributed by atoms with Crippen LogP contribution >= 0.6 is 22.6 Å². The number of hydrogen-bond donors (Lipinski definition) is 0. The van der Waals surface area contributed by atoms with Gasteiger partial charge in [0.05, 0.1) is 15.8 Å².